The van der Waals surface area contributed by atoms with Crippen LogP contribution in [0, 0.1) is 0 Å². The summed E-state index contributed by atoms with van der Waals surface area (Å²) in [6.45, 7) is 0.237. The van der Waals surface area contributed by atoms with E-state index in [4.69, 9.17) is 16.0 Å². The van der Waals surface area contributed by atoms with E-state index >= 15 is 0 Å². The Morgan fingerprint density at radius 1 is 1.09 bits per heavy atom. The summed E-state index contributed by atoms with van der Waals surface area (Å²) in [7, 11) is 1.68. The standard InChI is InChI=1S/C17H14ClN3O2/c1-21(17(22)13-7-9-14(18)10-8-13)11-15-19-20-16(23-15)12-5-3-2-4-6-12/h2-10H,11H2,1H3. The number of hydrogen-bond acceptors (Lipinski definition) is 4. The number of amides is 1. The molecule has 0 aliphatic rings. The highest BCUT2D eigenvalue weighted by atomic mass is 35.5. The average Bonchev–Trinajstić information content (AvgIpc) is 3.04. The third-order valence-electron chi connectivity index (χ3n) is 3.30. The zero-order chi connectivity index (χ0) is 16.2. The number of benzene rings is 2. The van der Waals surface area contributed by atoms with Gasteiger partial charge in [-0.2, -0.15) is 0 Å². The van der Waals surface area contributed by atoms with Gasteiger partial charge >= 0.3 is 0 Å². The van der Waals surface area contributed by atoms with Gasteiger partial charge in [0, 0.05) is 23.2 Å². The van der Waals surface area contributed by atoms with E-state index < -0.39 is 0 Å². The summed E-state index contributed by atoms with van der Waals surface area (Å²) in [6.07, 6.45) is 0. The van der Waals surface area contributed by atoms with Crippen LogP contribution in [-0.4, -0.2) is 28.1 Å². The molecule has 0 saturated carbocycles. The SMILES string of the molecule is CN(Cc1nnc(-c2ccccc2)o1)C(=O)c1ccc(Cl)cc1. The van der Waals surface area contributed by atoms with E-state index in [1.54, 1.807) is 31.3 Å². The maximum Gasteiger partial charge on any atom is 0.254 e. The zero-order valence-corrected chi connectivity index (χ0v) is 13.2. The smallest absolute Gasteiger partial charge is 0.254 e. The first-order valence-corrected chi connectivity index (χ1v) is 7.40. The van der Waals surface area contributed by atoms with Crippen LogP contribution in [0.4, 0.5) is 0 Å². The molecule has 0 fully saturated rings. The largest absolute Gasteiger partial charge is 0.419 e. The average molecular weight is 328 g/mol. The monoisotopic (exact) mass is 327 g/mol. The topological polar surface area (TPSA) is 59.2 Å². The fourth-order valence-corrected chi connectivity index (χ4v) is 2.23. The Kier molecular flexibility index (Phi) is 4.39. The third kappa shape index (κ3) is 3.57. The summed E-state index contributed by atoms with van der Waals surface area (Å²) in [5, 5.41) is 8.59. The summed E-state index contributed by atoms with van der Waals surface area (Å²) >= 11 is 5.83. The molecule has 116 valence electrons. The van der Waals surface area contributed by atoms with E-state index in [1.807, 2.05) is 30.3 Å². The van der Waals surface area contributed by atoms with Gasteiger partial charge in [0.05, 0.1) is 6.54 Å². The van der Waals surface area contributed by atoms with Crippen molar-refractivity contribution in [2.45, 2.75) is 6.54 Å². The molecule has 0 radical (unpaired) electrons. The van der Waals surface area contributed by atoms with E-state index in [0.717, 1.165) is 5.56 Å². The second-order valence-electron chi connectivity index (χ2n) is 5.04. The number of carbonyl (C=O) groups is 1. The number of rotatable bonds is 4. The van der Waals surface area contributed by atoms with Crippen LogP contribution >= 0.6 is 11.6 Å². The van der Waals surface area contributed by atoms with Crippen molar-refractivity contribution in [3.05, 3.63) is 71.1 Å². The number of hydrogen-bond donors (Lipinski definition) is 0. The van der Waals surface area contributed by atoms with E-state index in [-0.39, 0.29) is 12.5 Å². The Labute approximate surface area is 138 Å². The zero-order valence-electron chi connectivity index (χ0n) is 12.4. The number of nitrogens with zero attached hydrogens (tertiary/aromatic N) is 3. The van der Waals surface area contributed by atoms with Crippen LogP contribution in [0.3, 0.4) is 0 Å². The molecule has 1 heterocycles. The highest BCUT2D eigenvalue weighted by molar-refractivity contribution is 6.30. The highest BCUT2D eigenvalue weighted by Gasteiger charge is 2.16. The lowest BCUT2D eigenvalue weighted by atomic mass is 10.2. The van der Waals surface area contributed by atoms with Crippen molar-refractivity contribution in [3.63, 3.8) is 0 Å². The second-order valence-corrected chi connectivity index (χ2v) is 5.47. The first-order chi connectivity index (χ1) is 11.1. The summed E-state index contributed by atoms with van der Waals surface area (Å²) in [4.78, 5) is 13.8. The Morgan fingerprint density at radius 2 is 1.78 bits per heavy atom. The van der Waals surface area contributed by atoms with Gasteiger partial charge in [-0.1, -0.05) is 29.8 Å². The molecule has 0 bridgehead atoms. The van der Waals surface area contributed by atoms with Crippen molar-refractivity contribution < 1.29 is 9.21 Å². The lowest BCUT2D eigenvalue weighted by molar-refractivity contribution is 0.0773. The number of carbonyl (C=O) groups excluding carboxylic acids is 1. The van der Waals surface area contributed by atoms with Crippen molar-refractivity contribution in [3.8, 4) is 11.5 Å². The predicted molar refractivity (Wildman–Crippen MR) is 87.0 cm³/mol. The summed E-state index contributed by atoms with van der Waals surface area (Å²) in [6, 6.07) is 16.2. The van der Waals surface area contributed by atoms with Crippen LogP contribution in [0.1, 0.15) is 16.2 Å². The lowest BCUT2D eigenvalue weighted by Crippen LogP contribution is -2.26. The molecule has 0 N–H and O–H groups in total. The van der Waals surface area contributed by atoms with E-state index in [2.05, 4.69) is 10.2 Å². The molecule has 3 aromatic rings. The van der Waals surface area contributed by atoms with Crippen molar-refractivity contribution in [1.82, 2.24) is 15.1 Å². The predicted octanol–water partition coefficient (Wildman–Crippen LogP) is 3.66. The van der Waals surface area contributed by atoms with Crippen LogP contribution in [0.5, 0.6) is 0 Å². The van der Waals surface area contributed by atoms with Gasteiger partial charge < -0.3 is 9.32 Å². The molecule has 1 amide bonds. The van der Waals surface area contributed by atoms with Gasteiger partial charge in [0.2, 0.25) is 11.8 Å². The van der Waals surface area contributed by atoms with Gasteiger partial charge in [0.1, 0.15) is 0 Å². The van der Waals surface area contributed by atoms with Crippen LogP contribution in [-0.2, 0) is 6.54 Å². The van der Waals surface area contributed by atoms with Gasteiger partial charge in [-0.15, -0.1) is 10.2 Å². The Hall–Kier alpha value is -2.66. The first-order valence-electron chi connectivity index (χ1n) is 7.02. The van der Waals surface area contributed by atoms with Gasteiger partial charge in [0.15, 0.2) is 0 Å². The molecule has 2 aromatic carbocycles. The van der Waals surface area contributed by atoms with Gasteiger partial charge in [-0.25, -0.2) is 0 Å². The molecule has 1 aromatic heterocycles. The van der Waals surface area contributed by atoms with Gasteiger partial charge in [-0.3, -0.25) is 4.79 Å². The van der Waals surface area contributed by atoms with E-state index in [0.29, 0.717) is 22.4 Å². The maximum absolute atomic E-state index is 12.3. The minimum Gasteiger partial charge on any atom is -0.419 e. The van der Waals surface area contributed by atoms with Gasteiger partial charge in [0.25, 0.3) is 5.91 Å². The van der Waals surface area contributed by atoms with Crippen LogP contribution in [0.25, 0.3) is 11.5 Å². The maximum atomic E-state index is 12.3. The van der Waals surface area contributed by atoms with Crippen LogP contribution in [0.2, 0.25) is 5.02 Å². The third-order valence-corrected chi connectivity index (χ3v) is 3.55. The molecule has 3 rings (SSSR count). The fraction of sp³-hybridized carbons (Fsp3) is 0.118. The quantitative estimate of drug-likeness (QED) is 0.733. The number of halogens is 1. The first kappa shape index (κ1) is 15.2. The molecule has 0 aliphatic heterocycles. The van der Waals surface area contributed by atoms with Crippen LogP contribution in [0.15, 0.2) is 59.0 Å². The van der Waals surface area contributed by atoms with Crippen LogP contribution < -0.4 is 0 Å². The highest BCUT2D eigenvalue weighted by Crippen LogP contribution is 2.18. The molecule has 0 atom stereocenters. The van der Waals surface area contributed by atoms with Crippen molar-refractivity contribution >= 4 is 17.5 Å². The van der Waals surface area contributed by atoms with Gasteiger partial charge in [-0.05, 0) is 36.4 Å². The van der Waals surface area contributed by atoms with E-state index in [1.165, 1.54) is 4.90 Å². The molecule has 23 heavy (non-hydrogen) atoms. The minimum atomic E-state index is -0.138. The minimum absolute atomic E-state index is 0.138. The fourth-order valence-electron chi connectivity index (χ4n) is 2.10. The molecule has 0 aliphatic carbocycles. The summed E-state index contributed by atoms with van der Waals surface area (Å²) in [5.41, 5.74) is 1.40. The Bertz CT molecular complexity index is 800. The Morgan fingerprint density at radius 3 is 2.48 bits per heavy atom. The normalized spacial score (nSPS) is 10.5. The number of aromatic nitrogens is 2. The molecule has 0 unspecified atom stereocenters. The second kappa shape index (κ2) is 6.62. The molecule has 0 saturated heterocycles. The van der Waals surface area contributed by atoms with Crippen molar-refractivity contribution in [2.24, 2.45) is 0 Å². The van der Waals surface area contributed by atoms with Crippen molar-refractivity contribution in [1.29, 1.82) is 0 Å². The lowest BCUT2D eigenvalue weighted by Gasteiger charge is -2.14. The molecule has 0 spiro atoms. The molecule has 6 heteroatoms. The summed E-state index contributed by atoms with van der Waals surface area (Å²) < 4.78 is 5.61. The molecule has 5 nitrogen and oxygen atoms in total. The van der Waals surface area contributed by atoms with E-state index in [9.17, 15) is 4.79 Å². The molecular weight excluding hydrogens is 314 g/mol. The Balaban J connectivity index is 1.71. The van der Waals surface area contributed by atoms with Crippen molar-refractivity contribution in [2.75, 3.05) is 7.05 Å². The summed E-state index contributed by atoms with van der Waals surface area (Å²) in [5.74, 6) is 0.683. The molecular formula is C17H14ClN3O2.